The van der Waals surface area contributed by atoms with Crippen molar-refractivity contribution in [2.75, 3.05) is 0 Å². The first-order valence-electron chi connectivity index (χ1n) is 5.45. The van der Waals surface area contributed by atoms with E-state index in [1.807, 2.05) is 0 Å². The van der Waals surface area contributed by atoms with Gasteiger partial charge in [0, 0.05) is 20.1 Å². The molecule has 0 aliphatic carbocycles. The first-order valence-corrected chi connectivity index (χ1v) is 7.04. The third-order valence-corrected chi connectivity index (χ3v) is 3.49. The van der Waals surface area contributed by atoms with E-state index < -0.39 is 17.5 Å². The number of hydrogen-bond donors (Lipinski definition) is 0. The van der Waals surface area contributed by atoms with E-state index in [0.717, 1.165) is 12.1 Å². The highest BCUT2D eigenvalue weighted by Gasteiger charge is 2.31. The lowest BCUT2D eigenvalue weighted by atomic mass is 10.0. The number of hydrogen-bond acceptors (Lipinski definition) is 1. The second-order valence-corrected chi connectivity index (χ2v) is 5.90. The van der Waals surface area contributed by atoms with E-state index in [2.05, 4.69) is 31.9 Å². The molecule has 0 amide bonds. The molecule has 0 aliphatic rings. The van der Waals surface area contributed by atoms with Crippen molar-refractivity contribution in [3.05, 3.63) is 68.1 Å². The van der Waals surface area contributed by atoms with Crippen molar-refractivity contribution in [2.24, 2.45) is 0 Å². The van der Waals surface area contributed by atoms with Crippen LogP contribution in [0.4, 0.5) is 13.2 Å². The number of carbonyl (C=O) groups is 1. The van der Waals surface area contributed by atoms with Gasteiger partial charge in [-0.2, -0.15) is 13.2 Å². The number of carbonyl (C=O) groups excluding carboxylic acids is 1. The van der Waals surface area contributed by atoms with Gasteiger partial charge in [-0.1, -0.05) is 44.0 Å². The van der Waals surface area contributed by atoms with E-state index in [4.69, 9.17) is 0 Å². The molecule has 0 bridgehead atoms. The minimum atomic E-state index is -4.46. The van der Waals surface area contributed by atoms with Gasteiger partial charge in [0.15, 0.2) is 5.78 Å². The second-order valence-electron chi connectivity index (χ2n) is 4.07. The molecule has 0 aliphatic heterocycles. The Bertz CT molecular complexity index is 645. The van der Waals surface area contributed by atoms with Crippen LogP contribution in [0.3, 0.4) is 0 Å². The first-order chi connectivity index (χ1) is 9.27. The van der Waals surface area contributed by atoms with Gasteiger partial charge < -0.3 is 0 Å². The smallest absolute Gasteiger partial charge is 0.289 e. The molecule has 0 saturated carbocycles. The highest BCUT2D eigenvalue weighted by Crippen LogP contribution is 2.30. The normalized spacial score (nSPS) is 11.4. The van der Waals surface area contributed by atoms with Crippen LogP contribution in [-0.4, -0.2) is 5.78 Å². The van der Waals surface area contributed by atoms with E-state index in [0.29, 0.717) is 14.5 Å². The summed E-state index contributed by atoms with van der Waals surface area (Å²) >= 11 is 6.48. The Hall–Kier alpha value is -1.14. The fraction of sp³-hybridized carbons (Fsp3) is 0.0714. The monoisotopic (exact) mass is 406 g/mol. The van der Waals surface area contributed by atoms with Gasteiger partial charge in [0.2, 0.25) is 0 Å². The molecule has 104 valence electrons. The summed E-state index contributed by atoms with van der Waals surface area (Å²) in [5.41, 5.74) is -0.521. The highest BCUT2D eigenvalue weighted by molar-refractivity contribution is 9.11. The van der Waals surface area contributed by atoms with Gasteiger partial charge >= 0.3 is 6.18 Å². The molecule has 2 aromatic rings. The molecular weight excluding hydrogens is 401 g/mol. The molecular formula is C14H7Br2F3O. The fourth-order valence-electron chi connectivity index (χ4n) is 1.69. The maximum absolute atomic E-state index is 12.6. The van der Waals surface area contributed by atoms with Gasteiger partial charge in [0.25, 0.3) is 0 Å². The largest absolute Gasteiger partial charge is 0.416 e. The van der Waals surface area contributed by atoms with Crippen LogP contribution in [0.15, 0.2) is 51.4 Å². The third kappa shape index (κ3) is 3.49. The zero-order chi connectivity index (χ0) is 14.9. The lowest BCUT2D eigenvalue weighted by Gasteiger charge is -2.08. The summed E-state index contributed by atoms with van der Waals surface area (Å²) in [6, 6.07) is 9.25. The van der Waals surface area contributed by atoms with Crippen LogP contribution in [0.5, 0.6) is 0 Å². The molecule has 0 unspecified atom stereocenters. The maximum Gasteiger partial charge on any atom is 0.416 e. The summed E-state index contributed by atoms with van der Waals surface area (Å²) in [6.07, 6.45) is -4.46. The zero-order valence-electron chi connectivity index (χ0n) is 9.84. The number of benzene rings is 2. The standard InChI is InChI=1S/C14H7Br2F3O/c15-11-5-9(6-12(16)7-11)13(20)8-2-1-3-10(4-8)14(17,18)19/h1-7H. The van der Waals surface area contributed by atoms with Crippen molar-refractivity contribution < 1.29 is 18.0 Å². The fourth-order valence-corrected chi connectivity index (χ4v) is 2.98. The minimum absolute atomic E-state index is 0.00447. The summed E-state index contributed by atoms with van der Waals surface area (Å²) in [6.45, 7) is 0. The summed E-state index contributed by atoms with van der Waals surface area (Å²) in [5.74, 6) is -0.460. The van der Waals surface area contributed by atoms with Crippen LogP contribution < -0.4 is 0 Å². The summed E-state index contributed by atoms with van der Waals surface area (Å²) < 4.78 is 39.2. The quantitative estimate of drug-likeness (QED) is 0.604. The maximum atomic E-state index is 12.6. The van der Waals surface area contributed by atoms with E-state index in [1.54, 1.807) is 18.2 Å². The Morgan fingerprint density at radius 2 is 1.50 bits per heavy atom. The number of ketones is 1. The summed E-state index contributed by atoms with van der Waals surface area (Å²) in [5, 5.41) is 0. The van der Waals surface area contributed by atoms with Gasteiger partial charge in [-0.3, -0.25) is 4.79 Å². The van der Waals surface area contributed by atoms with Crippen molar-refractivity contribution in [2.45, 2.75) is 6.18 Å². The molecule has 1 nitrogen and oxygen atoms in total. The molecule has 0 radical (unpaired) electrons. The van der Waals surface area contributed by atoms with E-state index in [-0.39, 0.29) is 5.56 Å². The molecule has 2 rings (SSSR count). The molecule has 0 N–H and O–H groups in total. The Balaban J connectivity index is 2.43. The van der Waals surface area contributed by atoms with Crippen LogP contribution in [0, 0.1) is 0 Å². The molecule has 20 heavy (non-hydrogen) atoms. The highest BCUT2D eigenvalue weighted by atomic mass is 79.9. The van der Waals surface area contributed by atoms with Crippen molar-refractivity contribution in [1.82, 2.24) is 0 Å². The lowest BCUT2D eigenvalue weighted by molar-refractivity contribution is -0.137. The Morgan fingerprint density at radius 3 is 2.05 bits per heavy atom. The lowest BCUT2D eigenvalue weighted by Crippen LogP contribution is -2.08. The summed E-state index contributed by atoms with van der Waals surface area (Å²) in [4.78, 5) is 12.2. The van der Waals surface area contributed by atoms with E-state index >= 15 is 0 Å². The number of halogens is 5. The van der Waals surface area contributed by atoms with Crippen LogP contribution >= 0.6 is 31.9 Å². The van der Waals surface area contributed by atoms with Gasteiger partial charge in [0.1, 0.15) is 0 Å². The van der Waals surface area contributed by atoms with Crippen molar-refractivity contribution >= 4 is 37.6 Å². The van der Waals surface area contributed by atoms with Gasteiger partial charge in [0.05, 0.1) is 5.56 Å². The van der Waals surface area contributed by atoms with Crippen molar-refractivity contribution in [3.63, 3.8) is 0 Å². The van der Waals surface area contributed by atoms with Crippen LogP contribution in [-0.2, 0) is 6.18 Å². The van der Waals surface area contributed by atoms with Gasteiger partial charge in [-0.25, -0.2) is 0 Å². The van der Waals surface area contributed by atoms with Gasteiger partial charge in [-0.15, -0.1) is 0 Å². The predicted molar refractivity (Wildman–Crippen MR) is 76.7 cm³/mol. The Kier molecular flexibility index (Phi) is 4.34. The van der Waals surface area contributed by atoms with Crippen LogP contribution in [0.2, 0.25) is 0 Å². The van der Waals surface area contributed by atoms with Gasteiger partial charge in [-0.05, 0) is 30.3 Å². The zero-order valence-corrected chi connectivity index (χ0v) is 13.0. The van der Waals surface area contributed by atoms with E-state index in [9.17, 15) is 18.0 Å². The predicted octanol–water partition coefficient (Wildman–Crippen LogP) is 5.46. The Labute approximate surface area is 130 Å². The average molecular weight is 408 g/mol. The molecule has 0 aromatic heterocycles. The second kappa shape index (κ2) is 5.69. The first kappa shape index (κ1) is 15.3. The van der Waals surface area contributed by atoms with Crippen molar-refractivity contribution in [3.8, 4) is 0 Å². The number of rotatable bonds is 2. The third-order valence-electron chi connectivity index (χ3n) is 2.58. The Morgan fingerprint density at radius 1 is 0.900 bits per heavy atom. The average Bonchev–Trinajstić information content (AvgIpc) is 2.36. The molecule has 0 spiro atoms. The molecule has 2 aromatic carbocycles. The van der Waals surface area contributed by atoms with Crippen molar-refractivity contribution in [1.29, 1.82) is 0 Å². The van der Waals surface area contributed by atoms with E-state index in [1.165, 1.54) is 12.1 Å². The van der Waals surface area contributed by atoms with Crippen LogP contribution in [0.1, 0.15) is 21.5 Å². The van der Waals surface area contributed by atoms with Crippen LogP contribution in [0.25, 0.3) is 0 Å². The minimum Gasteiger partial charge on any atom is -0.289 e. The molecule has 6 heteroatoms. The number of alkyl halides is 3. The molecule has 0 fully saturated rings. The molecule has 0 heterocycles. The molecule has 0 saturated heterocycles. The topological polar surface area (TPSA) is 17.1 Å². The molecule has 0 atom stereocenters. The summed E-state index contributed by atoms with van der Waals surface area (Å²) in [7, 11) is 0. The SMILES string of the molecule is O=C(c1cc(Br)cc(Br)c1)c1cccc(C(F)(F)F)c1.